The van der Waals surface area contributed by atoms with Gasteiger partial charge in [0.25, 0.3) is 0 Å². The number of amides is 3. The molecule has 1 saturated heterocycles. The molecule has 1 heterocycles. The van der Waals surface area contributed by atoms with Gasteiger partial charge in [0.15, 0.2) is 0 Å². The third kappa shape index (κ3) is 13.6. The molecule has 250 valence electrons. The standard InChI is InChI=1S/C30H49N3O11/c1-6-10-41-12-14-43-16-17-44-15-13-42-11-9-24(34)33-18-22(27(35)31-25(29(37)38)20(4)7-2)23(19-33)28(36)32-26(30(39)40)21(5)8-3/h1,20-23,25-26H,7-19H2,2-5H3,(H,31,35)(H,32,36)(H,37,38)(H,39,40)/t20-,21-,22-,23-,25+,26+/m1/s1. The SMILES string of the molecule is C#CCOCCOCCOCCOCCC(=O)N1C[C@@H](C(=O)N[C@H](C(=O)O)[C@H](C)CC)[C@H](C(=O)N[C@H](C(=O)O)[C@H](C)CC)C1. The van der Waals surface area contributed by atoms with Gasteiger partial charge in [-0.15, -0.1) is 6.42 Å². The first kappa shape index (κ1) is 38.8. The van der Waals surface area contributed by atoms with E-state index in [1.807, 2.05) is 0 Å². The highest BCUT2D eigenvalue weighted by Crippen LogP contribution is 2.26. The van der Waals surface area contributed by atoms with Crippen molar-refractivity contribution in [2.24, 2.45) is 23.7 Å². The van der Waals surface area contributed by atoms with Gasteiger partial charge in [0.05, 0.1) is 64.5 Å². The van der Waals surface area contributed by atoms with Gasteiger partial charge in [0, 0.05) is 13.1 Å². The maximum Gasteiger partial charge on any atom is 0.326 e. The zero-order valence-electron chi connectivity index (χ0n) is 26.2. The molecular formula is C30H49N3O11. The lowest BCUT2D eigenvalue weighted by atomic mass is 9.91. The molecule has 0 aromatic carbocycles. The molecular weight excluding hydrogens is 578 g/mol. The van der Waals surface area contributed by atoms with Gasteiger partial charge in [0.1, 0.15) is 18.7 Å². The monoisotopic (exact) mass is 627 g/mol. The van der Waals surface area contributed by atoms with Crippen LogP contribution in [0.15, 0.2) is 0 Å². The first-order valence-corrected chi connectivity index (χ1v) is 15.1. The van der Waals surface area contributed by atoms with Gasteiger partial charge in [-0.3, -0.25) is 14.4 Å². The van der Waals surface area contributed by atoms with Crippen molar-refractivity contribution < 1.29 is 53.1 Å². The van der Waals surface area contributed by atoms with Gasteiger partial charge in [-0.05, 0) is 11.8 Å². The lowest BCUT2D eigenvalue weighted by Gasteiger charge is -2.25. The molecule has 0 aromatic heterocycles. The second-order valence-electron chi connectivity index (χ2n) is 10.8. The number of nitrogens with zero attached hydrogens (tertiary/aromatic N) is 1. The highest BCUT2D eigenvalue weighted by molar-refractivity contribution is 5.93. The minimum Gasteiger partial charge on any atom is -0.480 e. The fraction of sp³-hybridized carbons (Fsp3) is 0.767. The summed E-state index contributed by atoms with van der Waals surface area (Å²) in [5.41, 5.74) is 0. The van der Waals surface area contributed by atoms with Gasteiger partial charge in [-0.1, -0.05) is 46.5 Å². The van der Waals surface area contributed by atoms with E-state index < -0.39 is 47.7 Å². The van der Waals surface area contributed by atoms with Crippen LogP contribution in [-0.2, 0) is 42.9 Å². The molecule has 14 nitrogen and oxygen atoms in total. The number of carboxylic acids is 2. The van der Waals surface area contributed by atoms with Crippen molar-refractivity contribution >= 4 is 29.7 Å². The molecule has 1 fully saturated rings. The number of aliphatic carboxylic acids is 2. The maximum absolute atomic E-state index is 13.3. The van der Waals surface area contributed by atoms with Crippen molar-refractivity contribution in [3.63, 3.8) is 0 Å². The van der Waals surface area contributed by atoms with Crippen molar-refractivity contribution in [2.45, 2.75) is 59.0 Å². The number of hydrogen-bond acceptors (Lipinski definition) is 9. The van der Waals surface area contributed by atoms with Crippen molar-refractivity contribution in [1.29, 1.82) is 0 Å². The summed E-state index contributed by atoms with van der Waals surface area (Å²) in [6.45, 7) is 9.14. The second-order valence-corrected chi connectivity index (χ2v) is 10.8. The zero-order chi connectivity index (χ0) is 33.1. The zero-order valence-corrected chi connectivity index (χ0v) is 26.2. The first-order valence-electron chi connectivity index (χ1n) is 15.1. The minimum atomic E-state index is -1.21. The Hall–Kier alpha value is -3.25. The van der Waals surface area contributed by atoms with Gasteiger partial charge >= 0.3 is 11.9 Å². The number of hydrogen-bond donors (Lipinski definition) is 4. The van der Waals surface area contributed by atoms with Crippen molar-refractivity contribution in [3.8, 4) is 12.3 Å². The lowest BCUT2D eigenvalue weighted by molar-refractivity contribution is -0.146. The Morgan fingerprint density at radius 2 is 1.14 bits per heavy atom. The van der Waals surface area contributed by atoms with Crippen LogP contribution in [0.3, 0.4) is 0 Å². The Bertz CT molecular complexity index is 920. The molecule has 1 aliphatic rings. The average molecular weight is 628 g/mol. The number of carbonyl (C=O) groups excluding carboxylic acids is 3. The third-order valence-electron chi connectivity index (χ3n) is 7.66. The summed E-state index contributed by atoms with van der Waals surface area (Å²) in [6, 6.07) is -2.36. The van der Waals surface area contributed by atoms with Crippen LogP contribution in [0.4, 0.5) is 0 Å². The number of likely N-dealkylation sites (tertiary alicyclic amines) is 1. The van der Waals surface area contributed by atoms with Crippen molar-refractivity contribution in [1.82, 2.24) is 15.5 Å². The number of rotatable bonds is 23. The van der Waals surface area contributed by atoms with Gasteiger partial charge < -0.3 is 44.7 Å². The lowest BCUT2D eigenvalue weighted by Crippen LogP contribution is -2.52. The second kappa shape index (κ2) is 21.5. The van der Waals surface area contributed by atoms with E-state index in [1.165, 1.54) is 4.90 Å². The van der Waals surface area contributed by atoms with E-state index in [-0.39, 0.29) is 57.1 Å². The van der Waals surface area contributed by atoms with E-state index in [9.17, 15) is 34.2 Å². The molecule has 0 radical (unpaired) electrons. The maximum atomic E-state index is 13.3. The third-order valence-corrected chi connectivity index (χ3v) is 7.66. The molecule has 0 spiro atoms. The smallest absolute Gasteiger partial charge is 0.326 e. The summed E-state index contributed by atoms with van der Waals surface area (Å²) in [4.78, 5) is 64.5. The van der Waals surface area contributed by atoms with Crippen LogP contribution < -0.4 is 10.6 Å². The number of ether oxygens (including phenoxy) is 4. The topological polar surface area (TPSA) is 190 Å². The van der Waals surface area contributed by atoms with E-state index in [2.05, 4.69) is 16.6 Å². The van der Waals surface area contributed by atoms with Crippen LogP contribution >= 0.6 is 0 Å². The van der Waals surface area contributed by atoms with Crippen LogP contribution in [0.1, 0.15) is 47.0 Å². The molecule has 4 N–H and O–H groups in total. The molecule has 0 aromatic rings. The predicted octanol–water partition coefficient (Wildman–Crippen LogP) is 0.382. The van der Waals surface area contributed by atoms with E-state index in [4.69, 9.17) is 25.4 Å². The summed E-state index contributed by atoms with van der Waals surface area (Å²) in [5.74, 6) is -4.64. The molecule has 0 aliphatic carbocycles. The first-order chi connectivity index (χ1) is 21.0. The summed E-state index contributed by atoms with van der Waals surface area (Å²) in [7, 11) is 0. The summed E-state index contributed by atoms with van der Waals surface area (Å²) >= 11 is 0. The molecule has 1 aliphatic heterocycles. The Morgan fingerprint density at radius 3 is 1.50 bits per heavy atom. The minimum absolute atomic E-state index is 0.0152. The number of carbonyl (C=O) groups is 5. The average Bonchev–Trinajstić information content (AvgIpc) is 3.45. The number of nitrogens with one attached hydrogen (secondary N) is 2. The largest absolute Gasteiger partial charge is 0.480 e. The molecule has 0 unspecified atom stereocenters. The Kier molecular flexibility index (Phi) is 18.9. The van der Waals surface area contributed by atoms with Crippen LogP contribution in [-0.4, -0.2) is 123 Å². The highest BCUT2D eigenvalue weighted by Gasteiger charge is 2.45. The molecule has 1 rings (SSSR count). The highest BCUT2D eigenvalue weighted by atomic mass is 16.6. The predicted molar refractivity (Wildman–Crippen MR) is 158 cm³/mol. The summed E-state index contributed by atoms with van der Waals surface area (Å²) < 4.78 is 21.3. The van der Waals surface area contributed by atoms with Crippen molar-refractivity contribution in [2.75, 3.05) is 65.9 Å². The molecule has 3 amide bonds. The van der Waals surface area contributed by atoms with Crippen LogP contribution in [0.5, 0.6) is 0 Å². The quantitative estimate of drug-likeness (QED) is 0.0905. The fourth-order valence-electron chi connectivity index (χ4n) is 4.53. The molecule has 44 heavy (non-hydrogen) atoms. The fourth-order valence-corrected chi connectivity index (χ4v) is 4.53. The molecule has 0 bridgehead atoms. The molecule has 6 atom stereocenters. The van der Waals surface area contributed by atoms with Crippen LogP contribution in [0.25, 0.3) is 0 Å². The number of carboxylic acid groups (broad SMARTS) is 2. The summed E-state index contributed by atoms with van der Waals surface area (Å²) in [6.07, 6.45) is 6.05. The number of terminal acetylenes is 1. The Labute approximate surface area is 259 Å². The van der Waals surface area contributed by atoms with Gasteiger partial charge in [0.2, 0.25) is 17.7 Å². The van der Waals surface area contributed by atoms with Gasteiger partial charge in [-0.2, -0.15) is 0 Å². The van der Waals surface area contributed by atoms with E-state index in [1.54, 1.807) is 27.7 Å². The molecule has 14 heteroatoms. The van der Waals surface area contributed by atoms with E-state index in [0.717, 1.165) is 0 Å². The summed E-state index contributed by atoms with van der Waals surface area (Å²) in [5, 5.41) is 24.3. The van der Waals surface area contributed by atoms with E-state index >= 15 is 0 Å². The molecule has 0 saturated carbocycles. The van der Waals surface area contributed by atoms with Gasteiger partial charge in [-0.25, -0.2) is 9.59 Å². The Morgan fingerprint density at radius 1 is 0.750 bits per heavy atom. The van der Waals surface area contributed by atoms with Crippen LogP contribution in [0.2, 0.25) is 0 Å². The Balaban J connectivity index is 2.71. The van der Waals surface area contributed by atoms with Crippen molar-refractivity contribution in [3.05, 3.63) is 0 Å². The van der Waals surface area contributed by atoms with E-state index in [0.29, 0.717) is 45.9 Å². The van der Waals surface area contributed by atoms with Crippen LogP contribution in [0, 0.1) is 36.0 Å². The normalized spacial score (nSPS) is 18.9.